The largest absolute Gasteiger partial charge is 0.465 e. The monoisotopic (exact) mass is 510 g/mol. The molecule has 1 aromatic carbocycles. The summed E-state index contributed by atoms with van der Waals surface area (Å²) in [7, 11) is 0. The second kappa shape index (κ2) is 10.8. The summed E-state index contributed by atoms with van der Waals surface area (Å²) >= 11 is 1.59. The highest BCUT2D eigenvalue weighted by Crippen LogP contribution is 2.60. The van der Waals surface area contributed by atoms with Gasteiger partial charge in [0, 0.05) is 31.5 Å². The van der Waals surface area contributed by atoms with E-state index in [1.54, 1.807) is 16.7 Å². The van der Waals surface area contributed by atoms with Crippen LogP contribution in [0.2, 0.25) is 0 Å². The van der Waals surface area contributed by atoms with Crippen LogP contribution in [0.1, 0.15) is 37.7 Å². The minimum atomic E-state index is -0.798. The molecule has 8 heteroatoms. The zero-order valence-corrected chi connectivity index (χ0v) is 21.3. The third-order valence-corrected chi connectivity index (χ3v) is 9.47. The molecule has 0 aromatic heterocycles. The molecule has 0 bridgehead atoms. The lowest BCUT2D eigenvalue weighted by Gasteiger charge is -2.35. The molecule has 7 nitrogen and oxygen atoms in total. The molecule has 1 aromatic rings. The summed E-state index contributed by atoms with van der Waals surface area (Å²) in [4.78, 5) is 44.9. The number of likely N-dealkylation sites (tertiary alicyclic amines) is 1. The van der Waals surface area contributed by atoms with E-state index in [4.69, 9.17) is 9.84 Å². The van der Waals surface area contributed by atoms with Crippen molar-refractivity contribution >= 4 is 29.5 Å². The van der Waals surface area contributed by atoms with E-state index in [0.29, 0.717) is 32.7 Å². The number of ether oxygens (including phenoxy) is 1. The standard InChI is InChI=1S/C28H34N2O5S/c31-17-8-2-1-7-16-30-24-26(33)29(19-20-11-4-3-5-12-20)15-10-14-28(24)23(25(30)32)22-21(36-28)13-6-9-18-35-27(22)34/h3-6,10-14,21-24,31H,1-2,7-9,15-19H2/t21-,22+,23+,24?,28+/m1/s1. The second-order valence-electron chi connectivity index (χ2n) is 10.0. The number of unbranched alkanes of at least 4 members (excludes halogenated alkanes) is 3. The molecular formula is C28H34N2O5S. The fourth-order valence-corrected chi connectivity index (χ4v) is 8.09. The Balaban J connectivity index is 1.49. The number of hydrogen-bond donors (Lipinski definition) is 1. The minimum absolute atomic E-state index is 0.0609. The van der Waals surface area contributed by atoms with Crippen molar-refractivity contribution in [3.8, 4) is 0 Å². The van der Waals surface area contributed by atoms with Crippen molar-refractivity contribution < 1.29 is 24.2 Å². The molecule has 2 amide bonds. The average molecular weight is 511 g/mol. The van der Waals surface area contributed by atoms with Crippen molar-refractivity contribution in [3.63, 3.8) is 0 Å². The molecule has 5 rings (SSSR count). The zero-order valence-electron chi connectivity index (χ0n) is 20.5. The number of aliphatic hydroxyl groups excluding tert-OH is 1. The number of hydrogen-bond acceptors (Lipinski definition) is 6. The van der Waals surface area contributed by atoms with Crippen LogP contribution in [0.3, 0.4) is 0 Å². The fraction of sp³-hybridized carbons (Fsp3) is 0.536. The maximum Gasteiger partial charge on any atom is 0.311 e. The molecule has 1 N–H and O–H groups in total. The van der Waals surface area contributed by atoms with E-state index in [1.807, 2.05) is 59.5 Å². The lowest BCUT2D eigenvalue weighted by Crippen LogP contribution is -2.53. The molecule has 0 aliphatic carbocycles. The number of esters is 1. The number of fused-ring (bicyclic) bond motifs is 2. The number of aliphatic hydroxyl groups is 1. The van der Waals surface area contributed by atoms with Gasteiger partial charge in [-0.05, 0) is 24.8 Å². The molecule has 5 atom stereocenters. The summed E-state index contributed by atoms with van der Waals surface area (Å²) in [5.41, 5.74) is 1.04. The van der Waals surface area contributed by atoms with Crippen molar-refractivity contribution in [3.05, 3.63) is 60.2 Å². The van der Waals surface area contributed by atoms with Crippen molar-refractivity contribution in [2.75, 3.05) is 26.3 Å². The number of rotatable bonds is 8. The van der Waals surface area contributed by atoms with Crippen LogP contribution in [0.25, 0.3) is 0 Å². The van der Waals surface area contributed by atoms with Gasteiger partial charge in [0.15, 0.2) is 0 Å². The number of cyclic esters (lactones) is 1. The summed E-state index contributed by atoms with van der Waals surface area (Å²) in [6, 6.07) is 9.23. The molecule has 4 aliphatic heterocycles. The Morgan fingerprint density at radius 3 is 2.64 bits per heavy atom. The van der Waals surface area contributed by atoms with E-state index in [9.17, 15) is 14.4 Å². The van der Waals surface area contributed by atoms with Crippen LogP contribution in [-0.4, -0.2) is 75.0 Å². The number of carbonyl (C=O) groups is 3. The Morgan fingerprint density at radius 1 is 1.03 bits per heavy atom. The molecule has 192 valence electrons. The van der Waals surface area contributed by atoms with Gasteiger partial charge in [-0.25, -0.2) is 0 Å². The van der Waals surface area contributed by atoms with Gasteiger partial charge in [0.05, 0.1) is 23.2 Å². The van der Waals surface area contributed by atoms with Crippen molar-refractivity contribution in [2.24, 2.45) is 11.8 Å². The predicted octanol–water partition coefficient (Wildman–Crippen LogP) is 2.94. The Kier molecular flexibility index (Phi) is 7.53. The van der Waals surface area contributed by atoms with Crippen molar-refractivity contribution in [2.45, 2.75) is 54.7 Å². The van der Waals surface area contributed by atoms with Crippen LogP contribution in [0.15, 0.2) is 54.6 Å². The molecule has 0 radical (unpaired) electrons. The molecule has 1 spiro atoms. The smallest absolute Gasteiger partial charge is 0.311 e. The highest BCUT2D eigenvalue weighted by molar-refractivity contribution is 8.02. The van der Waals surface area contributed by atoms with Gasteiger partial charge in [-0.3, -0.25) is 14.4 Å². The van der Waals surface area contributed by atoms with Crippen LogP contribution in [0.5, 0.6) is 0 Å². The molecule has 4 aliphatic rings. The first-order valence-corrected chi connectivity index (χ1v) is 13.9. The third kappa shape index (κ3) is 4.50. The van der Waals surface area contributed by atoms with Crippen LogP contribution in [0, 0.1) is 11.8 Å². The molecule has 2 saturated heterocycles. The number of benzene rings is 1. The van der Waals surface area contributed by atoms with Gasteiger partial charge in [-0.15, -0.1) is 11.8 Å². The van der Waals surface area contributed by atoms with Gasteiger partial charge < -0.3 is 19.6 Å². The van der Waals surface area contributed by atoms with Gasteiger partial charge in [-0.2, -0.15) is 0 Å². The lowest BCUT2D eigenvalue weighted by molar-refractivity contribution is -0.153. The SMILES string of the molecule is O=C1OCCC=C[C@H]2S[C@]34C=CCN(Cc5ccccc5)C(=O)C3N(CCCCCCO)C(=O)[C@@H]4[C@@H]12. The summed E-state index contributed by atoms with van der Waals surface area (Å²) in [5.74, 6) is -1.73. The molecule has 1 unspecified atom stereocenters. The number of carbonyl (C=O) groups excluding carboxylic acids is 3. The number of amides is 2. The Morgan fingerprint density at radius 2 is 1.83 bits per heavy atom. The van der Waals surface area contributed by atoms with Crippen LogP contribution < -0.4 is 0 Å². The maximum atomic E-state index is 14.2. The zero-order chi connectivity index (χ0) is 25.1. The topological polar surface area (TPSA) is 87.2 Å². The number of thioether (sulfide) groups is 1. The first-order valence-electron chi connectivity index (χ1n) is 13.0. The van der Waals surface area contributed by atoms with E-state index < -0.39 is 22.6 Å². The van der Waals surface area contributed by atoms with Crippen molar-refractivity contribution in [1.29, 1.82) is 0 Å². The third-order valence-electron chi connectivity index (χ3n) is 7.73. The summed E-state index contributed by atoms with van der Waals surface area (Å²) in [6.45, 7) is 1.87. The molecule has 36 heavy (non-hydrogen) atoms. The maximum absolute atomic E-state index is 14.2. The Labute approximate surface area is 216 Å². The first-order chi connectivity index (χ1) is 17.6. The van der Waals surface area contributed by atoms with Gasteiger partial charge in [0.2, 0.25) is 11.8 Å². The first kappa shape index (κ1) is 25.1. The summed E-state index contributed by atoms with van der Waals surface area (Å²) in [6.07, 6.45) is 12.0. The van der Waals surface area contributed by atoms with Gasteiger partial charge in [0.1, 0.15) is 6.04 Å². The van der Waals surface area contributed by atoms with Gasteiger partial charge in [-0.1, -0.05) is 67.5 Å². The Hall–Kier alpha value is -2.58. The quantitative estimate of drug-likeness (QED) is 0.329. The molecule has 0 saturated carbocycles. The molecule has 2 fully saturated rings. The predicted molar refractivity (Wildman–Crippen MR) is 138 cm³/mol. The molecular weight excluding hydrogens is 476 g/mol. The van der Waals surface area contributed by atoms with Crippen molar-refractivity contribution in [1.82, 2.24) is 9.80 Å². The number of nitrogens with zero attached hydrogens (tertiary/aromatic N) is 2. The van der Waals surface area contributed by atoms with Gasteiger partial charge >= 0.3 is 5.97 Å². The second-order valence-corrected chi connectivity index (χ2v) is 11.5. The van der Waals surface area contributed by atoms with Gasteiger partial charge in [0.25, 0.3) is 0 Å². The van der Waals surface area contributed by atoms with Crippen LogP contribution in [-0.2, 0) is 25.7 Å². The highest BCUT2D eigenvalue weighted by atomic mass is 32.2. The summed E-state index contributed by atoms with van der Waals surface area (Å²) in [5, 5.41) is 8.91. The van der Waals surface area contributed by atoms with E-state index in [1.165, 1.54) is 0 Å². The average Bonchev–Trinajstić information content (AvgIpc) is 3.25. The molecule has 4 heterocycles. The van der Waals surface area contributed by atoms with E-state index in [-0.39, 0.29) is 29.6 Å². The lowest BCUT2D eigenvalue weighted by atomic mass is 9.78. The minimum Gasteiger partial charge on any atom is -0.465 e. The van der Waals surface area contributed by atoms with Crippen LogP contribution in [0.4, 0.5) is 0 Å². The summed E-state index contributed by atoms with van der Waals surface area (Å²) < 4.78 is 4.73. The normalized spacial score (nSPS) is 31.4. The Bertz CT molecular complexity index is 1040. The van der Waals surface area contributed by atoms with E-state index >= 15 is 0 Å². The highest BCUT2D eigenvalue weighted by Gasteiger charge is 2.70. The van der Waals surface area contributed by atoms with E-state index in [2.05, 4.69) is 0 Å². The van der Waals surface area contributed by atoms with E-state index in [0.717, 1.165) is 31.2 Å². The fourth-order valence-electron chi connectivity index (χ4n) is 6.09. The van der Waals surface area contributed by atoms with Crippen LogP contribution >= 0.6 is 11.8 Å².